The van der Waals surface area contributed by atoms with Crippen LogP contribution in [0.15, 0.2) is 22.7 Å². The zero-order chi connectivity index (χ0) is 13.2. The predicted octanol–water partition coefficient (Wildman–Crippen LogP) is 2.16. The van der Waals surface area contributed by atoms with E-state index in [1.807, 2.05) is 0 Å². The molecule has 5 heteroatoms. The summed E-state index contributed by atoms with van der Waals surface area (Å²) >= 11 is 3.29. The molecule has 4 nitrogen and oxygen atoms in total. The first kappa shape index (κ1) is 13.4. The molecule has 1 aliphatic rings. The molecule has 0 radical (unpaired) electrons. The first-order valence-electron chi connectivity index (χ1n) is 6.07. The van der Waals surface area contributed by atoms with Crippen molar-refractivity contribution < 1.29 is 9.90 Å². The van der Waals surface area contributed by atoms with Crippen LogP contribution in [-0.2, 0) is 0 Å². The number of phenols is 1. The van der Waals surface area contributed by atoms with Crippen molar-refractivity contribution in [1.82, 2.24) is 5.32 Å². The number of hydrogen-bond acceptors (Lipinski definition) is 3. The Morgan fingerprint density at radius 3 is 2.72 bits per heavy atom. The van der Waals surface area contributed by atoms with E-state index < -0.39 is 0 Å². The van der Waals surface area contributed by atoms with Gasteiger partial charge in [-0.15, -0.1) is 0 Å². The fourth-order valence-electron chi connectivity index (χ4n) is 2.43. The molecule has 1 aliphatic carbocycles. The van der Waals surface area contributed by atoms with Crippen LogP contribution in [0.2, 0.25) is 0 Å². The number of carbonyl (C=O) groups excluding carboxylic acids is 1. The van der Waals surface area contributed by atoms with E-state index >= 15 is 0 Å². The first-order valence-corrected chi connectivity index (χ1v) is 6.87. The van der Waals surface area contributed by atoms with Gasteiger partial charge in [0.25, 0.3) is 5.91 Å². The Kier molecular flexibility index (Phi) is 3.92. The Morgan fingerprint density at radius 2 is 2.11 bits per heavy atom. The van der Waals surface area contributed by atoms with Crippen molar-refractivity contribution in [1.29, 1.82) is 0 Å². The van der Waals surface area contributed by atoms with Crippen LogP contribution in [-0.4, -0.2) is 23.1 Å². The van der Waals surface area contributed by atoms with E-state index in [9.17, 15) is 9.90 Å². The van der Waals surface area contributed by atoms with E-state index in [-0.39, 0.29) is 22.8 Å². The fourth-order valence-corrected chi connectivity index (χ4v) is 2.79. The smallest absolute Gasteiger partial charge is 0.255 e. The summed E-state index contributed by atoms with van der Waals surface area (Å²) in [5.41, 5.74) is 5.76. The molecule has 1 fully saturated rings. The molecule has 1 saturated carbocycles. The van der Waals surface area contributed by atoms with Gasteiger partial charge in [-0.05, 0) is 31.0 Å². The Bertz CT molecular complexity index is 456. The highest BCUT2D eigenvalue weighted by Crippen LogP contribution is 2.30. The summed E-state index contributed by atoms with van der Waals surface area (Å²) in [6.45, 7) is 0.438. The monoisotopic (exact) mass is 312 g/mol. The van der Waals surface area contributed by atoms with Gasteiger partial charge in [0.2, 0.25) is 0 Å². The van der Waals surface area contributed by atoms with Crippen molar-refractivity contribution in [2.75, 3.05) is 6.54 Å². The summed E-state index contributed by atoms with van der Waals surface area (Å²) in [6, 6.07) is 4.81. The maximum absolute atomic E-state index is 12.2. The molecule has 0 spiro atoms. The number of halogens is 1. The standard InChI is InChI=1S/C13H17BrN2O2/c14-9-3-4-11(17)10(7-9)12(18)16-13(8-15)5-1-2-6-13/h3-4,7,17H,1-2,5-6,8,15H2,(H,16,18). The van der Waals surface area contributed by atoms with Crippen LogP contribution in [0.3, 0.4) is 0 Å². The molecule has 1 aromatic carbocycles. The maximum atomic E-state index is 12.2. The fraction of sp³-hybridized carbons (Fsp3) is 0.462. The number of aromatic hydroxyl groups is 1. The highest BCUT2D eigenvalue weighted by Gasteiger charge is 2.34. The van der Waals surface area contributed by atoms with Gasteiger partial charge in [0.1, 0.15) is 5.75 Å². The van der Waals surface area contributed by atoms with Crippen LogP contribution in [0.5, 0.6) is 5.75 Å². The van der Waals surface area contributed by atoms with E-state index in [1.165, 1.54) is 6.07 Å². The molecule has 1 aromatic rings. The van der Waals surface area contributed by atoms with Gasteiger partial charge in [-0.2, -0.15) is 0 Å². The van der Waals surface area contributed by atoms with Crippen molar-refractivity contribution in [2.45, 2.75) is 31.2 Å². The van der Waals surface area contributed by atoms with Crippen LogP contribution >= 0.6 is 15.9 Å². The van der Waals surface area contributed by atoms with Gasteiger partial charge in [0.15, 0.2) is 0 Å². The lowest BCUT2D eigenvalue weighted by Crippen LogP contribution is -2.51. The second-order valence-electron chi connectivity index (χ2n) is 4.81. The average molecular weight is 313 g/mol. The number of hydrogen-bond donors (Lipinski definition) is 3. The normalized spacial score (nSPS) is 17.7. The van der Waals surface area contributed by atoms with Crippen LogP contribution in [0.4, 0.5) is 0 Å². The number of nitrogens with one attached hydrogen (secondary N) is 1. The molecule has 0 aromatic heterocycles. The van der Waals surface area contributed by atoms with Gasteiger partial charge in [-0.25, -0.2) is 0 Å². The minimum Gasteiger partial charge on any atom is -0.507 e. The van der Waals surface area contributed by atoms with E-state index in [2.05, 4.69) is 21.2 Å². The largest absolute Gasteiger partial charge is 0.507 e. The van der Waals surface area contributed by atoms with E-state index in [0.29, 0.717) is 6.54 Å². The zero-order valence-corrected chi connectivity index (χ0v) is 11.7. The molecule has 0 unspecified atom stereocenters. The molecular formula is C13H17BrN2O2. The second-order valence-corrected chi connectivity index (χ2v) is 5.72. The van der Waals surface area contributed by atoms with Gasteiger partial charge < -0.3 is 16.2 Å². The van der Waals surface area contributed by atoms with Gasteiger partial charge in [-0.1, -0.05) is 28.8 Å². The maximum Gasteiger partial charge on any atom is 0.255 e. The average Bonchev–Trinajstić information content (AvgIpc) is 2.81. The summed E-state index contributed by atoms with van der Waals surface area (Å²) in [5, 5.41) is 12.7. The van der Waals surface area contributed by atoms with Crippen LogP contribution in [0.25, 0.3) is 0 Å². The number of carbonyl (C=O) groups is 1. The Hall–Kier alpha value is -1.07. The molecule has 0 aliphatic heterocycles. The molecule has 1 amide bonds. The van der Waals surface area contributed by atoms with Crippen LogP contribution < -0.4 is 11.1 Å². The van der Waals surface area contributed by atoms with Crippen LogP contribution in [0.1, 0.15) is 36.0 Å². The SMILES string of the molecule is NCC1(NC(=O)c2cc(Br)ccc2O)CCCC1. The lowest BCUT2D eigenvalue weighted by molar-refractivity contribution is 0.0900. The summed E-state index contributed by atoms with van der Waals surface area (Å²) in [7, 11) is 0. The molecule has 0 saturated heterocycles. The number of amides is 1. The quantitative estimate of drug-likeness (QED) is 0.800. The minimum atomic E-state index is -0.300. The van der Waals surface area contributed by atoms with Crippen molar-refractivity contribution in [3.05, 3.63) is 28.2 Å². The minimum absolute atomic E-state index is 0.0131. The number of phenolic OH excluding ortho intramolecular Hbond substituents is 1. The van der Waals surface area contributed by atoms with E-state index in [4.69, 9.17) is 5.73 Å². The second kappa shape index (κ2) is 5.28. The topological polar surface area (TPSA) is 75.3 Å². The molecule has 0 heterocycles. The van der Waals surface area contributed by atoms with Crippen molar-refractivity contribution in [3.8, 4) is 5.75 Å². The van der Waals surface area contributed by atoms with Crippen molar-refractivity contribution in [2.24, 2.45) is 5.73 Å². The molecule has 98 valence electrons. The van der Waals surface area contributed by atoms with Gasteiger partial charge >= 0.3 is 0 Å². The zero-order valence-electron chi connectivity index (χ0n) is 10.1. The lowest BCUT2D eigenvalue weighted by Gasteiger charge is -2.28. The Morgan fingerprint density at radius 1 is 1.44 bits per heavy atom. The highest BCUT2D eigenvalue weighted by molar-refractivity contribution is 9.10. The number of nitrogens with two attached hydrogens (primary N) is 1. The first-order chi connectivity index (χ1) is 8.56. The van der Waals surface area contributed by atoms with Crippen LogP contribution in [0, 0.1) is 0 Å². The third kappa shape index (κ3) is 2.67. The molecule has 4 N–H and O–H groups in total. The molecule has 2 rings (SSSR count). The molecule has 0 atom stereocenters. The number of benzene rings is 1. The van der Waals surface area contributed by atoms with Crippen molar-refractivity contribution >= 4 is 21.8 Å². The Labute approximate surface area is 115 Å². The number of rotatable bonds is 3. The summed E-state index contributed by atoms with van der Waals surface area (Å²) < 4.78 is 0.763. The predicted molar refractivity (Wildman–Crippen MR) is 73.5 cm³/mol. The van der Waals surface area contributed by atoms with Gasteiger partial charge in [0, 0.05) is 11.0 Å². The Balaban J connectivity index is 2.18. The summed E-state index contributed by atoms with van der Waals surface area (Å²) in [6.07, 6.45) is 3.98. The molecule has 0 bridgehead atoms. The van der Waals surface area contributed by atoms with Gasteiger partial charge in [0.05, 0.1) is 11.1 Å². The third-order valence-electron chi connectivity index (χ3n) is 3.53. The summed E-state index contributed by atoms with van der Waals surface area (Å²) in [4.78, 5) is 12.2. The van der Waals surface area contributed by atoms with Crippen molar-refractivity contribution in [3.63, 3.8) is 0 Å². The lowest BCUT2D eigenvalue weighted by atomic mass is 9.97. The third-order valence-corrected chi connectivity index (χ3v) is 4.03. The molecular weight excluding hydrogens is 296 g/mol. The van der Waals surface area contributed by atoms with Gasteiger partial charge in [-0.3, -0.25) is 4.79 Å². The summed E-state index contributed by atoms with van der Waals surface area (Å²) in [5.74, 6) is -0.276. The van der Waals surface area contributed by atoms with E-state index in [1.54, 1.807) is 12.1 Å². The highest BCUT2D eigenvalue weighted by atomic mass is 79.9. The van der Waals surface area contributed by atoms with E-state index in [0.717, 1.165) is 30.2 Å². The molecule has 18 heavy (non-hydrogen) atoms.